The van der Waals surface area contributed by atoms with Crippen LogP contribution in [0.5, 0.6) is 0 Å². The molecule has 0 saturated carbocycles. The maximum absolute atomic E-state index is 11.4. The van der Waals surface area contributed by atoms with E-state index in [4.69, 9.17) is 11.8 Å². The number of likely N-dealkylation sites (N-methyl/N-ethyl adjacent to an activating group) is 1. The Balaban J connectivity index is 0.00000341. The average molecular weight is 445 g/mol. The summed E-state index contributed by atoms with van der Waals surface area (Å²) in [7, 11) is 1.93. The van der Waals surface area contributed by atoms with Crippen molar-refractivity contribution < 1.29 is 15.1 Å². The number of halogens is 1. The van der Waals surface area contributed by atoms with Crippen molar-refractivity contribution in [2.24, 2.45) is 0 Å². The smallest absolute Gasteiger partial charge is 0.274 e. The first kappa shape index (κ1) is 24.6. The maximum atomic E-state index is 11.4. The number of nitrogens with zero attached hydrogens (tertiary/aromatic N) is 3. The van der Waals surface area contributed by atoms with Gasteiger partial charge in [-0.15, -0.1) is 12.4 Å². The molecular weight excluding hydrogens is 416 g/mol. The SMILES string of the molecule is Cl.[C-]#[N+]c1ccc(CCN2CCC(O)(CN(C)c3ccc(C(=O)NO)cc3)CC2)cc1. The van der Waals surface area contributed by atoms with Gasteiger partial charge in [0.1, 0.15) is 0 Å². The predicted molar refractivity (Wildman–Crippen MR) is 123 cm³/mol. The first-order valence-corrected chi connectivity index (χ1v) is 10.1. The molecule has 0 aliphatic carbocycles. The third-order valence-electron chi connectivity index (χ3n) is 5.77. The quantitative estimate of drug-likeness (QED) is 0.347. The first-order chi connectivity index (χ1) is 14.4. The van der Waals surface area contributed by atoms with Gasteiger partial charge in [0.15, 0.2) is 5.69 Å². The number of carbonyl (C=O) groups is 1. The Labute approximate surface area is 189 Å². The normalized spacial score (nSPS) is 15.4. The van der Waals surface area contributed by atoms with Gasteiger partial charge in [0, 0.05) is 44.5 Å². The summed E-state index contributed by atoms with van der Waals surface area (Å²) in [6.45, 7) is 10.2. The summed E-state index contributed by atoms with van der Waals surface area (Å²) in [5, 5.41) is 19.8. The second kappa shape index (κ2) is 11.1. The van der Waals surface area contributed by atoms with Crippen molar-refractivity contribution in [2.75, 3.05) is 38.1 Å². The van der Waals surface area contributed by atoms with E-state index in [2.05, 4.69) is 9.74 Å². The van der Waals surface area contributed by atoms with E-state index in [0.29, 0.717) is 30.6 Å². The lowest BCUT2D eigenvalue weighted by atomic mass is 9.90. The van der Waals surface area contributed by atoms with Gasteiger partial charge in [-0.05, 0) is 49.1 Å². The summed E-state index contributed by atoms with van der Waals surface area (Å²) in [5.74, 6) is -0.544. The standard InChI is InChI=1S/C23H28N4O3.ClH/c1-24-20-7-3-18(4-8-20)11-14-27-15-12-23(29,13-16-27)17-26(2)21-9-5-19(6-10-21)22(28)25-30;/h3-10,29-30H,11-17H2,2H3,(H,25,28);1H. The summed E-state index contributed by atoms with van der Waals surface area (Å²) in [5.41, 5.74) is 4.05. The number of hydrogen-bond donors (Lipinski definition) is 3. The van der Waals surface area contributed by atoms with Crippen molar-refractivity contribution in [3.8, 4) is 0 Å². The molecule has 1 saturated heterocycles. The van der Waals surface area contributed by atoms with Gasteiger partial charge in [-0.2, -0.15) is 0 Å². The van der Waals surface area contributed by atoms with Gasteiger partial charge in [-0.1, -0.05) is 24.3 Å². The summed E-state index contributed by atoms with van der Waals surface area (Å²) in [4.78, 5) is 19.2. The van der Waals surface area contributed by atoms with Crippen LogP contribution in [0.1, 0.15) is 28.8 Å². The van der Waals surface area contributed by atoms with E-state index in [1.54, 1.807) is 17.6 Å². The Bertz CT molecular complexity index is 889. The molecule has 1 amide bonds. The second-order valence-corrected chi connectivity index (χ2v) is 7.94. The van der Waals surface area contributed by atoms with Crippen LogP contribution in [0.4, 0.5) is 11.4 Å². The van der Waals surface area contributed by atoms with E-state index in [9.17, 15) is 9.90 Å². The molecule has 2 aromatic rings. The Morgan fingerprint density at radius 2 is 1.77 bits per heavy atom. The molecule has 0 unspecified atom stereocenters. The highest BCUT2D eigenvalue weighted by Crippen LogP contribution is 2.26. The molecule has 2 aromatic carbocycles. The van der Waals surface area contributed by atoms with Gasteiger partial charge in [0.05, 0.1) is 12.2 Å². The van der Waals surface area contributed by atoms with Crippen LogP contribution in [0.3, 0.4) is 0 Å². The largest absolute Gasteiger partial charge is 0.388 e. The monoisotopic (exact) mass is 444 g/mol. The van der Waals surface area contributed by atoms with E-state index in [-0.39, 0.29) is 12.4 Å². The molecule has 166 valence electrons. The average Bonchev–Trinajstić information content (AvgIpc) is 2.78. The molecule has 1 aliphatic heterocycles. The molecule has 0 radical (unpaired) electrons. The zero-order chi connectivity index (χ0) is 21.6. The maximum Gasteiger partial charge on any atom is 0.274 e. The molecule has 0 aromatic heterocycles. The summed E-state index contributed by atoms with van der Waals surface area (Å²) in [6, 6.07) is 14.6. The fraction of sp³-hybridized carbons (Fsp3) is 0.391. The number of likely N-dealkylation sites (tertiary alicyclic amines) is 1. The highest BCUT2D eigenvalue weighted by Gasteiger charge is 2.33. The lowest BCUT2D eigenvalue weighted by molar-refractivity contribution is -0.0137. The van der Waals surface area contributed by atoms with Gasteiger partial charge in [-0.3, -0.25) is 10.0 Å². The summed E-state index contributed by atoms with van der Waals surface area (Å²) >= 11 is 0. The van der Waals surface area contributed by atoms with Crippen molar-refractivity contribution in [3.63, 3.8) is 0 Å². The van der Waals surface area contributed by atoms with Crippen LogP contribution in [-0.4, -0.2) is 59.9 Å². The Kier molecular flexibility index (Phi) is 8.84. The van der Waals surface area contributed by atoms with Crippen LogP contribution in [-0.2, 0) is 6.42 Å². The molecule has 3 N–H and O–H groups in total. The number of aliphatic hydroxyl groups is 1. The third-order valence-corrected chi connectivity index (χ3v) is 5.77. The number of hydroxylamine groups is 1. The predicted octanol–water partition coefficient (Wildman–Crippen LogP) is 3.28. The molecule has 0 spiro atoms. The van der Waals surface area contributed by atoms with E-state index in [0.717, 1.165) is 31.7 Å². The van der Waals surface area contributed by atoms with Crippen molar-refractivity contribution in [1.82, 2.24) is 10.4 Å². The Morgan fingerprint density at radius 1 is 1.16 bits per heavy atom. The number of anilines is 1. The number of nitrogens with one attached hydrogen (secondary N) is 1. The molecule has 31 heavy (non-hydrogen) atoms. The zero-order valence-corrected chi connectivity index (χ0v) is 18.4. The van der Waals surface area contributed by atoms with Gasteiger partial charge < -0.3 is 14.9 Å². The van der Waals surface area contributed by atoms with E-state index in [1.807, 2.05) is 48.3 Å². The van der Waals surface area contributed by atoms with Crippen molar-refractivity contribution in [1.29, 1.82) is 0 Å². The zero-order valence-electron chi connectivity index (χ0n) is 17.6. The molecule has 0 atom stereocenters. The third kappa shape index (κ3) is 6.68. The number of benzene rings is 2. The number of piperidine rings is 1. The molecular formula is C23H29ClN4O3. The molecule has 1 fully saturated rings. The molecule has 7 nitrogen and oxygen atoms in total. The van der Waals surface area contributed by atoms with Crippen LogP contribution in [0.15, 0.2) is 48.5 Å². The highest BCUT2D eigenvalue weighted by molar-refractivity contribution is 5.93. The number of hydrogen-bond acceptors (Lipinski definition) is 5. The molecule has 1 aliphatic rings. The Morgan fingerprint density at radius 3 is 2.32 bits per heavy atom. The van der Waals surface area contributed by atoms with Gasteiger partial charge in [-0.25, -0.2) is 10.3 Å². The van der Waals surface area contributed by atoms with Gasteiger partial charge >= 0.3 is 0 Å². The topological polar surface area (TPSA) is 80.4 Å². The summed E-state index contributed by atoms with van der Waals surface area (Å²) < 4.78 is 0. The van der Waals surface area contributed by atoms with E-state index >= 15 is 0 Å². The van der Waals surface area contributed by atoms with Crippen LogP contribution >= 0.6 is 12.4 Å². The second-order valence-electron chi connectivity index (χ2n) is 7.94. The van der Waals surface area contributed by atoms with Crippen LogP contribution in [0.25, 0.3) is 4.85 Å². The van der Waals surface area contributed by atoms with Crippen molar-refractivity contribution in [2.45, 2.75) is 24.9 Å². The number of carbonyl (C=O) groups excluding carboxylic acids is 1. The fourth-order valence-electron chi connectivity index (χ4n) is 3.84. The van der Waals surface area contributed by atoms with Crippen LogP contribution in [0.2, 0.25) is 0 Å². The molecule has 0 bridgehead atoms. The first-order valence-electron chi connectivity index (χ1n) is 10.1. The van der Waals surface area contributed by atoms with Crippen molar-refractivity contribution >= 4 is 29.7 Å². The Hall–Kier alpha value is -2.63. The number of amides is 1. The van der Waals surface area contributed by atoms with E-state index in [1.165, 1.54) is 5.56 Å². The highest BCUT2D eigenvalue weighted by atomic mass is 35.5. The molecule has 8 heteroatoms. The van der Waals surface area contributed by atoms with Gasteiger partial charge in [0.2, 0.25) is 0 Å². The number of rotatable bonds is 7. The lowest BCUT2D eigenvalue weighted by Gasteiger charge is -2.40. The minimum Gasteiger partial charge on any atom is -0.388 e. The van der Waals surface area contributed by atoms with Crippen LogP contribution < -0.4 is 10.4 Å². The molecule has 1 heterocycles. The summed E-state index contributed by atoms with van der Waals surface area (Å²) in [6.07, 6.45) is 2.35. The lowest BCUT2D eigenvalue weighted by Crippen LogP contribution is -2.50. The minimum absolute atomic E-state index is 0. The van der Waals surface area contributed by atoms with Crippen LogP contribution in [0, 0.1) is 6.57 Å². The van der Waals surface area contributed by atoms with E-state index < -0.39 is 11.5 Å². The van der Waals surface area contributed by atoms with Crippen molar-refractivity contribution in [3.05, 3.63) is 71.1 Å². The van der Waals surface area contributed by atoms with Gasteiger partial charge in [0.25, 0.3) is 5.91 Å². The fourth-order valence-corrected chi connectivity index (χ4v) is 3.84. The minimum atomic E-state index is -0.746. The molecule has 3 rings (SSSR count).